The molecule has 1 heterocycles. The fraction of sp³-hybridized carbons (Fsp3) is 0.667. The molecule has 1 aromatic heterocycles. The molecule has 3 nitrogen and oxygen atoms in total. The smallest absolute Gasteiger partial charge is 0.106 e. The van der Waals surface area contributed by atoms with Gasteiger partial charge in [-0.05, 0) is 25.0 Å². The number of hydrogen-bond acceptors (Lipinski definition) is 3. The Morgan fingerprint density at radius 1 is 1.47 bits per heavy atom. The first-order valence-corrected chi connectivity index (χ1v) is 5.44. The molecular weight excluding hydrogens is 192 g/mol. The van der Waals surface area contributed by atoms with Crippen molar-refractivity contribution < 1.29 is 14.3 Å². The van der Waals surface area contributed by atoms with Crippen LogP contribution in [0.25, 0.3) is 0 Å². The highest BCUT2D eigenvalue weighted by Crippen LogP contribution is 2.26. The molecule has 0 aromatic carbocycles. The summed E-state index contributed by atoms with van der Waals surface area (Å²) in [5.41, 5.74) is -0.452. The number of aliphatic hydroxyl groups excluding tert-OH is 1. The van der Waals surface area contributed by atoms with Crippen molar-refractivity contribution in [3.05, 3.63) is 24.2 Å². The van der Waals surface area contributed by atoms with Gasteiger partial charge in [0.1, 0.15) is 5.76 Å². The summed E-state index contributed by atoms with van der Waals surface area (Å²) in [7, 11) is 1.65. The monoisotopic (exact) mass is 212 g/mol. The van der Waals surface area contributed by atoms with Crippen LogP contribution in [0.4, 0.5) is 0 Å². The van der Waals surface area contributed by atoms with Gasteiger partial charge in [-0.25, -0.2) is 0 Å². The molecule has 0 radical (unpaired) electrons. The van der Waals surface area contributed by atoms with Crippen LogP contribution in [0.15, 0.2) is 22.8 Å². The lowest BCUT2D eigenvalue weighted by molar-refractivity contribution is -0.108. The van der Waals surface area contributed by atoms with Gasteiger partial charge in [0.05, 0.1) is 18.0 Å². The van der Waals surface area contributed by atoms with E-state index in [2.05, 4.69) is 0 Å². The molecule has 0 bridgehead atoms. The van der Waals surface area contributed by atoms with E-state index < -0.39 is 11.7 Å². The van der Waals surface area contributed by atoms with Crippen molar-refractivity contribution in [3.8, 4) is 0 Å². The molecule has 0 aliphatic heterocycles. The molecule has 0 spiro atoms. The first-order chi connectivity index (χ1) is 7.18. The molecule has 86 valence electrons. The van der Waals surface area contributed by atoms with Crippen LogP contribution in [0.2, 0.25) is 0 Å². The first-order valence-electron chi connectivity index (χ1n) is 5.44. The lowest BCUT2D eigenvalue weighted by Crippen LogP contribution is -2.44. The van der Waals surface area contributed by atoms with Crippen LogP contribution in [0.3, 0.4) is 0 Å². The number of ether oxygens (including phenoxy) is 1. The Morgan fingerprint density at radius 2 is 2.13 bits per heavy atom. The maximum atomic E-state index is 10.1. The van der Waals surface area contributed by atoms with E-state index in [1.165, 1.54) is 0 Å². The summed E-state index contributed by atoms with van der Waals surface area (Å²) in [6.45, 7) is 4.05. The molecule has 0 saturated heterocycles. The van der Waals surface area contributed by atoms with E-state index in [4.69, 9.17) is 9.15 Å². The number of rotatable bonds is 6. The Hall–Kier alpha value is -0.800. The standard InChI is InChI=1S/C12H20O3/c1-4-12(5-2,14-3)11(13)9-10-7-6-8-15-10/h6-8,11,13H,4-5,9H2,1-3H3. The summed E-state index contributed by atoms with van der Waals surface area (Å²) in [6, 6.07) is 3.70. The molecule has 0 amide bonds. The van der Waals surface area contributed by atoms with Crippen LogP contribution < -0.4 is 0 Å². The summed E-state index contributed by atoms with van der Waals surface area (Å²) >= 11 is 0. The van der Waals surface area contributed by atoms with Gasteiger partial charge in [-0.3, -0.25) is 0 Å². The van der Waals surface area contributed by atoms with Gasteiger partial charge in [0.2, 0.25) is 0 Å². The molecule has 1 atom stereocenters. The van der Waals surface area contributed by atoms with Gasteiger partial charge in [0.25, 0.3) is 0 Å². The van der Waals surface area contributed by atoms with Gasteiger partial charge >= 0.3 is 0 Å². The topological polar surface area (TPSA) is 42.6 Å². The molecule has 0 aliphatic carbocycles. The second-order valence-corrected chi connectivity index (χ2v) is 3.78. The Labute approximate surface area is 91.1 Å². The summed E-state index contributed by atoms with van der Waals surface area (Å²) in [6.07, 6.45) is 3.18. The van der Waals surface area contributed by atoms with Crippen molar-refractivity contribution in [2.45, 2.75) is 44.8 Å². The van der Waals surface area contributed by atoms with Gasteiger partial charge in [0.15, 0.2) is 0 Å². The van der Waals surface area contributed by atoms with Crippen molar-refractivity contribution in [3.63, 3.8) is 0 Å². The van der Waals surface area contributed by atoms with E-state index in [0.29, 0.717) is 6.42 Å². The highest BCUT2D eigenvalue weighted by Gasteiger charge is 2.34. The Kier molecular flexibility index (Phi) is 4.36. The Morgan fingerprint density at radius 3 is 2.53 bits per heavy atom. The van der Waals surface area contributed by atoms with Crippen LogP contribution in [0, 0.1) is 0 Å². The van der Waals surface area contributed by atoms with Gasteiger partial charge < -0.3 is 14.3 Å². The normalized spacial score (nSPS) is 14.1. The zero-order valence-corrected chi connectivity index (χ0v) is 9.69. The van der Waals surface area contributed by atoms with Crippen LogP contribution in [0.1, 0.15) is 32.4 Å². The van der Waals surface area contributed by atoms with Gasteiger partial charge in [-0.1, -0.05) is 13.8 Å². The van der Waals surface area contributed by atoms with E-state index >= 15 is 0 Å². The molecular formula is C12H20O3. The third-order valence-corrected chi connectivity index (χ3v) is 3.19. The largest absolute Gasteiger partial charge is 0.469 e. The number of hydrogen-bond donors (Lipinski definition) is 1. The maximum absolute atomic E-state index is 10.1. The van der Waals surface area contributed by atoms with Gasteiger partial charge in [-0.15, -0.1) is 0 Å². The molecule has 15 heavy (non-hydrogen) atoms. The zero-order valence-electron chi connectivity index (χ0n) is 9.69. The van der Waals surface area contributed by atoms with E-state index in [1.54, 1.807) is 13.4 Å². The van der Waals surface area contributed by atoms with Crippen LogP contribution in [-0.2, 0) is 11.2 Å². The predicted octanol–water partition coefficient (Wildman–Crippen LogP) is 2.39. The quantitative estimate of drug-likeness (QED) is 0.787. The molecule has 1 unspecified atom stereocenters. The highest BCUT2D eigenvalue weighted by atomic mass is 16.5. The number of furan rings is 1. The molecule has 1 aromatic rings. The van der Waals surface area contributed by atoms with Crippen molar-refractivity contribution in [1.82, 2.24) is 0 Å². The van der Waals surface area contributed by atoms with Crippen molar-refractivity contribution in [2.24, 2.45) is 0 Å². The number of aliphatic hydroxyl groups is 1. The minimum absolute atomic E-state index is 0.452. The zero-order chi connectivity index (χ0) is 11.3. The summed E-state index contributed by atoms with van der Waals surface area (Å²) in [5.74, 6) is 0.797. The average molecular weight is 212 g/mol. The molecule has 1 N–H and O–H groups in total. The van der Waals surface area contributed by atoms with Crippen LogP contribution >= 0.6 is 0 Å². The third kappa shape index (κ3) is 2.61. The fourth-order valence-corrected chi connectivity index (χ4v) is 1.95. The minimum Gasteiger partial charge on any atom is -0.469 e. The van der Waals surface area contributed by atoms with Crippen LogP contribution in [0.5, 0.6) is 0 Å². The van der Waals surface area contributed by atoms with E-state index in [9.17, 15) is 5.11 Å². The average Bonchev–Trinajstić information content (AvgIpc) is 2.74. The Balaban J connectivity index is 2.68. The SMILES string of the molecule is CCC(CC)(OC)C(O)Cc1ccco1. The molecule has 0 fully saturated rings. The summed E-state index contributed by atoms with van der Waals surface area (Å²) in [4.78, 5) is 0. The van der Waals surface area contributed by atoms with Crippen molar-refractivity contribution >= 4 is 0 Å². The molecule has 0 saturated carbocycles. The highest BCUT2D eigenvalue weighted by molar-refractivity contribution is 5.02. The van der Waals surface area contributed by atoms with Gasteiger partial charge in [-0.2, -0.15) is 0 Å². The molecule has 0 aliphatic rings. The number of methoxy groups -OCH3 is 1. The second kappa shape index (κ2) is 5.33. The van der Waals surface area contributed by atoms with E-state index in [-0.39, 0.29) is 0 Å². The van der Waals surface area contributed by atoms with Gasteiger partial charge in [0, 0.05) is 13.5 Å². The maximum Gasteiger partial charge on any atom is 0.106 e. The molecule has 3 heteroatoms. The van der Waals surface area contributed by atoms with Crippen molar-refractivity contribution in [2.75, 3.05) is 7.11 Å². The third-order valence-electron chi connectivity index (χ3n) is 3.19. The lowest BCUT2D eigenvalue weighted by Gasteiger charge is -2.34. The second-order valence-electron chi connectivity index (χ2n) is 3.78. The summed E-state index contributed by atoms with van der Waals surface area (Å²) < 4.78 is 10.7. The Bertz CT molecular complexity index is 254. The first kappa shape index (κ1) is 12.3. The van der Waals surface area contributed by atoms with E-state index in [1.807, 2.05) is 26.0 Å². The summed E-state index contributed by atoms with van der Waals surface area (Å²) in [5, 5.41) is 10.1. The fourth-order valence-electron chi connectivity index (χ4n) is 1.95. The van der Waals surface area contributed by atoms with Crippen molar-refractivity contribution in [1.29, 1.82) is 0 Å². The lowest BCUT2D eigenvalue weighted by atomic mass is 9.88. The van der Waals surface area contributed by atoms with Crippen LogP contribution in [-0.4, -0.2) is 23.9 Å². The van der Waals surface area contributed by atoms with E-state index in [0.717, 1.165) is 18.6 Å². The predicted molar refractivity (Wildman–Crippen MR) is 58.7 cm³/mol. The molecule has 1 rings (SSSR count). The minimum atomic E-state index is -0.524.